The van der Waals surface area contributed by atoms with E-state index in [0.717, 1.165) is 11.4 Å². The van der Waals surface area contributed by atoms with E-state index in [-0.39, 0.29) is 20.1 Å². The summed E-state index contributed by atoms with van der Waals surface area (Å²) in [7, 11) is 0. The number of anilines is 2. The smallest absolute Gasteiger partial charge is 0.0424 e. The van der Waals surface area contributed by atoms with Crippen LogP contribution < -0.4 is 9.80 Å². The van der Waals surface area contributed by atoms with Gasteiger partial charge in [-0.25, -0.2) is 0 Å². The summed E-state index contributed by atoms with van der Waals surface area (Å²) >= 11 is 0. The molecule has 0 aromatic heterocycles. The van der Waals surface area contributed by atoms with Crippen LogP contribution in [0.1, 0.15) is 35.1 Å². The number of nitrogens with zero attached hydrogens (tertiary/aromatic N) is 2. The van der Waals surface area contributed by atoms with Gasteiger partial charge in [-0.3, -0.25) is 0 Å². The van der Waals surface area contributed by atoms with Gasteiger partial charge in [-0.05, 0) is 66.1 Å². The van der Waals surface area contributed by atoms with Crippen molar-refractivity contribution in [2.24, 2.45) is 0 Å². The van der Waals surface area contributed by atoms with E-state index in [0.29, 0.717) is 0 Å². The predicted molar refractivity (Wildman–Crippen MR) is 136 cm³/mol. The second-order valence-electron chi connectivity index (χ2n) is 9.06. The Labute approximate surface area is 214 Å². The Kier molecular flexibility index (Phi) is 5.40. The van der Waals surface area contributed by atoms with Gasteiger partial charge in [0.15, 0.2) is 0 Å². The molecule has 0 amide bonds. The van der Waals surface area contributed by atoms with E-state index in [4.69, 9.17) is 0 Å². The molecule has 34 heavy (non-hydrogen) atoms. The maximum atomic E-state index is 3.56. The van der Waals surface area contributed by atoms with Crippen molar-refractivity contribution in [3.05, 3.63) is 126 Å². The third kappa shape index (κ3) is 3.27. The van der Waals surface area contributed by atoms with Crippen molar-refractivity contribution in [3.63, 3.8) is 0 Å². The van der Waals surface area contributed by atoms with Crippen LogP contribution in [0, 0.1) is 12.7 Å². The van der Waals surface area contributed by atoms with E-state index in [9.17, 15) is 0 Å². The molecule has 169 valence electrons. The van der Waals surface area contributed by atoms with Crippen molar-refractivity contribution in [1.29, 1.82) is 0 Å². The summed E-state index contributed by atoms with van der Waals surface area (Å²) in [6.45, 7) is 2.24. The Morgan fingerprint density at radius 1 is 0.647 bits per heavy atom. The first kappa shape index (κ1) is 21.4. The fraction of sp³-hybridized carbons (Fsp3) is 0.129. The zero-order valence-electron chi connectivity index (χ0n) is 18.8. The first-order valence-electron chi connectivity index (χ1n) is 11.8. The van der Waals surface area contributed by atoms with Crippen LogP contribution in [-0.2, 0) is 32.9 Å². The summed E-state index contributed by atoms with van der Waals surface area (Å²) in [6, 6.07) is 36.3. The average Bonchev–Trinajstić information content (AvgIpc) is 3.30. The molecular formula is C31H24IrN2-2. The van der Waals surface area contributed by atoms with Gasteiger partial charge >= 0.3 is 0 Å². The van der Waals surface area contributed by atoms with Gasteiger partial charge in [0.2, 0.25) is 0 Å². The molecule has 0 fully saturated rings. The predicted octanol–water partition coefficient (Wildman–Crippen LogP) is 7.32. The van der Waals surface area contributed by atoms with Gasteiger partial charge < -0.3 is 9.80 Å². The molecule has 2 nitrogen and oxygen atoms in total. The van der Waals surface area contributed by atoms with Crippen LogP contribution in [0.15, 0.2) is 91.0 Å². The molecule has 7 rings (SSSR count). The molecule has 1 radical (unpaired) electrons. The largest absolute Gasteiger partial charge is 0.492 e. The van der Waals surface area contributed by atoms with Gasteiger partial charge in [0.05, 0.1) is 0 Å². The maximum Gasteiger partial charge on any atom is 0.0424 e. The first-order valence-corrected chi connectivity index (χ1v) is 11.8. The van der Waals surface area contributed by atoms with Gasteiger partial charge in [0, 0.05) is 37.2 Å². The number of aryl methyl sites for hydroxylation is 2. The van der Waals surface area contributed by atoms with Gasteiger partial charge in [-0.15, -0.1) is 12.2 Å². The summed E-state index contributed by atoms with van der Waals surface area (Å²) < 4.78 is 0. The molecule has 0 saturated heterocycles. The van der Waals surface area contributed by atoms with Crippen molar-refractivity contribution in [3.8, 4) is 11.1 Å². The Balaban J connectivity index is 0.00000217. The Hall–Kier alpha value is -3.13. The second kappa shape index (κ2) is 8.58. The average molecular weight is 617 g/mol. The summed E-state index contributed by atoms with van der Waals surface area (Å²) in [5.74, 6) is 0. The molecule has 4 aromatic carbocycles. The Bertz CT molecular complexity index is 1390. The standard InChI is InChI=1S/C31H24N2.Ir/c1-3-11-22(12-4-1)30-31-28-20-24-14-8-7-13-23(24)19-27(28)26-17-9-10-18-29(26)33(31)21-32(30)25-15-5-2-6-16-25;/h1-6,9-12,15-17,19-21H,7-8,13-14H2;/q-2;. The summed E-state index contributed by atoms with van der Waals surface area (Å²) in [4.78, 5) is 4.69. The molecule has 4 aromatic rings. The van der Waals surface area contributed by atoms with E-state index in [1.807, 2.05) is 6.07 Å². The van der Waals surface area contributed by atoms with Crippen molar-refractivity contribution < 1.29 is 20.1 Å². The van der Waals surface area contributed by atoms with Crippen molar-refractivity contribution in [2.75, 3.05) is 9.80 Å². The van der Waals surface area contributed by atoms with Crippen LogP contribution in [0.4, 0.5) is 11.4 Å². The van der Waals surface area contributed by atoms with Crippen LogP contribution in [0.5, 0.6) is 0 Å². The zero-order chi connectivity index (χ0) is 21.8. The van der Waals surface area contributed by atoms with Crippen LogP contribution in [0.2, 0.25) is 0 Å². The number of fused-ring (bicyclic) bond motifs is 7. The number of para-hydroxylation sites is 2. The number of rotatable bonds is 2. The van der Waals surface area contributed by atoms with Crippen LogP contribution in [0.3, 0.4) is 0 Å². The minimum Gasteiger partial charge on any atom is -0.492 e. The Morgan fingerprint density at radius 2 is 1.32 bits per heavy atom. The van der Waals surface area contributed by atoms with Gasteiger partial charge in [-0.2, -0.15) is 24.3 Å². The van der Waals surface area contributed by atoms with E-state index in [1.165, 1.54) is 70.5 Å². The maximum absolute atomic E-state index is 3.56. The third-order valence-electron chi connectivity index (χ3n) is 7.12. The molecule has 0 N–H and O–H groups in total. The molecular weight excluding hydrogens is 593 g/mol. The van der Waals surface area contributed by atoms with Crippen LogP contribution in [-0.4, -0.2) is 0 Å². The summed E-state index contributed by atoms with van der Waals surface area (Å²) in [5.41, 5.74) is 13.0. The minimum atomic E-state index is 0. The van der Waals surface area contributed by atoms with E-state index < -0.39 is 0 Å². The van der Waals surface area contributed by atoms with Crippen LogP contribution in [0.25, 0.3) is 22.5 Å². The molecule has 2 aliphatic heterocycles. The van der Waals surface area contributed by atoms with Crippen molar-refractivity contribution in [1.82, 2.24) is 0 Å². The molecule has 0 atom stereocenters. The number of benzene rings is 4. The first-order chi connectivity index (χ1) is 16.4. The Morgan fingerprint density at radius 3 is 2.06 bits per heavy atom. The molecule has 3 aliphatic rings. The molecule has 1 aliphatic carbocycles. The zero-order valence-corrected chi connectivity index (χ0v) is 21.2. The van der Waals surface area contributed by atoms with Gasteiger partial charge in [-0.1, -0.05) is 65.8 Å². The fourth-order valence-electron chi connectivity index (χ4n) is 5.59. The quantitative estimate of drug-likeness (QED) is 0.218. The van der Waals surface area contributed by atoms with Gasteiger partial charge in [0.1, 0.15) is 0 Å². The minimum absolute atomic E-state index is 0. The van der Waals surface area contributed by atoms with E-state index in [2.05, 4.69) is 107 Å². The van der Waals surface area contributed by atoms with Gasteiger partial charge in [0.25, 0.3) is 0 Å². The normalized spacial score (nSPS) is 15.8. The molecule has 0 saturated carbocycles. The SMILES string of the molecule is [Ir].[c-]1cccc2c1N1[CH-]N(c3ccccc3)C(c3ccccc3)=C1c1cc3c(cc1-2)CCCC3. The summed E-state index contributed by atoms with van der Waals surface area (Å²) in [6.07, 6.45) is 4.94. The molecule has 2 heterocycles. The molecule has 0 bridgehead atoms. The molecule has 0 spiro atoms. The van der Waals surface area contributed by atoms with E-state index >= 15 is 0 Å². The number of hydrogen-bond acceptors (Lipinski definition) is 2. The molecule has 3 heteroatoms. The van der Waals surface area contributed by atoms with Crippen molar-refractivity contribution in [2.45, 2.75) is 25.7 Å². The van der Waals surface area contributed by atoms with Crippen molar-refractivity contribution >= 4 is 22.8 Å². The fourth-order valence-corrected chi connectivity index (χ4v) is 5.59. The number of hydrogen-bond donors (Lipinski definition) is 0. The monoisotopic (exact) mass is 617 g/mol. The summed E-state index contributed by atoms with van der Waals surface area (Å²) in [5, 5.41) is 0. The van der Waals surface area contributed by atoms with E-state index in [1.54, 1.807) is 0 Å². The third-order valence-corrected chi connectivity index (χ3v) is 7.12. The molecule has 0 unspecified atom stereocenters. The topological polar surface area (TPSA) is 6.48 Å². The van der Waals surface area contributed by atoms with Crippen LogP contribution >= 0.6 is 0 Å². The second-order valence-corrected chi connectivity index (χ2v) is 9.06.